The summed E-state index contributed by atoms with van der Waals surface area (Å²) in [5.41, 5.74) is 6.51. The van der Waals surface area contributed by atoms with Crippen LogP contribution in [0.1, 0.15) is 24.6 Å². The molecular weight excluding hydrogens is 270 g/mol. The van der Waals surface area contributed by atoms with Crippen LogP contribution in [0.5, 0.6) is 0 Å². The first-order chi connectivity index (χ1) is 7.74. The Hall–Kier alpha value is -1.36. The van der Waals surface area contributed by atoms with Gasteiger partial charge in [0.1, 0.15) is 17.3 Å². The van der Waals surface area contributed by atoms with Crippen molar-refractivity contribution < 1.29 is 4.42 Å². The van der Waals surface area contributed by atoms with Crippen LogP contribution in [0.25, 0.3) is 11.5 Å². The molecule has 0 radical (unpaired) electrons. The Morgan fingerprint density at radius 1 is 1.38 bits per heavy atom. The van der Waals surface area contributed by atoms with Gasteiger partial charge < -0.3 is 10.2 Å². The Labute approximate surface area is 101 Å². The zero-order valence-electron chi connectivity index (χ0n) is 8.48. The molecular formula is C11H10BrN3O. The molecule has 82 valence electrons. The molecule has 2 heterocycles. The molecule has 0 bridgehead atoms. The number of hydrogen-bond donors (Lipinski definition) is 1. The number of halogens is 1. The van der Waals surface area contributed by atoms with Crippen molar-refractivity contribution in [1.29, 1.82) is 0 Å². The zero-order chi connectivity index (χ0) is 11.1. The topological polar surface area (TPSA) is 64.9 Å². The highest BCUT2D eigenvalue weighted by molar-refractivity contribution is 9.10. The first-order valence-corrected chi connectivity index (χ1v) is 5.91. The lowest BCUT2D eigenvalue weighted by atomic mass is 10.3. The average Bonchev–Trinajstić information content (AvgIpc) is 3.01. The van der Waals surface area contributed by atoms with Crippen LogP contribution in [-0.4, -0.2) is 9.97 Å². The second kappa shape index (κ2) is 3.59. The fourth-order valence-corrected chi connectivity index (χ4v) is 2.01. The van der Waals surface area contributed by atoms with Gasteiger partial charge in [0.2, 0.25) is 0 Å². The molecule has 2 N–H and O–H groups in total. The molecule has 16 heavy (non-hydrogen) atoms. The minimum atomic E-state index is 0.482. The van der Waals surface area contributed by atoms with Crippen LogP contribution in [0.15, 0.2) is 27.3 Å². The first-order valence-electron chi connectivity index (χ1n) is 5.12. The van der Waals surface area contributed by atoms with E-state index in [-0.39, 0.29) is 0 Å². The molecule has 2 aromatic heterocycles. The SMILES string of the molecule is Nc1cc(-c2occc2Br)nc(C2CC2)n1. The van der Waals surface area contributed by atoms with Crippen molar-refractivity contribution >= 4 is 21.7 Å². The number of rotatable bonds is 2. The van der Waals surface area contributed by atoms with Crippen molar-refractivity contribution in [3.05, 3.63) is 28.7 Å². The lowest BCUT2D eigenvalue weighted by Crippen LogP contribution is -1.99. The maximum atomic E-state index is 5.77. The van der Waals surface area contributed by atoms with Gasteiger partial charge in [-0.25, -0.2) is 9.97 Å². The lowest BCUT2D eigenvalue weighted by Gasteiger charge is -2.03. The van der Waals surface area contributed by atoms with Gasteiger partial charge in [-0.05, 0) is 34.8 Å². The van der Waals surface area contributed by atoms with Crippen molar-refractivity contribution in [1.82, 2.24) is 9.97 Å². The average molecular weight is 280 g/mol. The van der Waals surface area contributed by atoms with E-state index in [9.17, 15) is 0 Å². The Morgan fingerprint density at radius 2 is 2.19 bits per heavy atom. The van der Waals surface area contributed by atoms with E-state index in [2.05, 4.69) is 25.9 Å². The number of nitrogens with two attached hydrogens (primary N) is 1. The van der Waals surface area contributed by atoms with Crippen molar-refractivity contribution in [2.24, 2.45) is 0 Å². The van der Waals surface area contributed by atoms with Crippen molar-refractivity contribution in [2.45, 2.75) is 18.8 Å². The number of hydrogen-bond acceptors (Lipinski definition) is 4. The van der Waals surface area contributed by atoms with Gasteiger partial charge in [0.05, 0.1) is 10.7 Å². The molecule has 0 aromatic carbocycles. The van der Waals surface area contributed by atoms with Crippen LogP contribution in [0.4, 0.5) is 5.82 Å². The number of aromatic nitrogens is 2. The molecule has 3 rings (SSSR count). The maximum Gasteiger partial charge on any atom is 0.166 e. The van der Waals surface area contributed by atoms with Gasteiger partial charge in [-0.1, -0.05) is 0 Å². The molecule has 1 saturated carbocycles. The third kappa shape index (κ3) is 1.71. The van der Waals surface area contributed by atoms with Gasteiger partial charge in [-0.3, -0.25) is 0 Å². The molecule has 1 aliphatic carbocycles. The molecule has 0 amide bonds. The van der Waals surface area contributed by atoms with E-state index >= 15 is 0 Å². The van der Waals surface area contributed by atoms with E-state index in [4.69, 9.17) is 10.2 Å². The fourth-order valence-electron chi connectivity index (χ4n) is 1.60. The molecule has 0 spiro atoms. The van der Waals surface area contributed by atoms with Crippen LogP contribution in [0.2, 0.25) is 0 Å². The second-order valence-electron chi connectivity index (χ2n) is 3.91. The molecule has 1 fully saturated rings. The largest absolute Gasteiger partial charge is 0.461 e. The number of nitrogen functional groups attached to an aromatic ring is 1. The van der Waals surface area contributed by atoms with Crippen LogP contribution < -0.4 is 5.73 Å². The third-order valence-electron chi connectivity index (χ3n) is 2.56. The summed E-state index contributed by atoms with van der Waals surface area (Å²) in [6, 6.07) is 3.57. The Balaban J connectivity index is 2.10. The summed E-state index contributed by atoms with van der Waals surface area (Å²) < 4.78 is 6.25. The molecule has 0 aliphatic heterocycles. The molecule has 0 unspecified atom stereocenters. The maximum absolute atomic E-state index is 5.77. The summed E-state index contributed by atoms with van der Waals surface area (Å²) in [5.74, 6) is 2.51. The predicted molar refractivity (Wildman–Crippen MR) is 63.8 cm³/mol. The summed E-state index contributed by atoms with van der Waals surface area (Å²) >= 11 is 3.41. The number of anilines is 1. The minimum absolute atomic E-state index is 0.482. The summed E-state index contributed by atoms with van der Waals surface area (Å²) in [7, 11) is 0. The minimum Gasteiger partial charge on any atom is -0.461 e. The molecule has 5 heteroatoms. The van der Waals surface area contributed by atoms with Crippen LogP contribution >= 0.6 is 15.9 Å². The van der Waals surface area contributed by atoms with Gasteiger partial charge in [-0.2, -0.15) is 0 Å². The van der Waals surface area contributed by atoms with Crippen LogP contribution in [-0.2, 0) is 0 Å². The van der Waals surface area contributed by atoms with E-state index < -0.39 is 0 Å². The van der Waals surface area contributed by atoms with Crippen molar-refractivity contribution in [3.63, 3.8) is 0 Å². The molecule has 1 aliphatic rings. The summed E-state index contributed by atoms with van der Waals surface area (Å²) in [4.78, 5) is 8.73. The Bertz CT molecular complexity index is 534. The third-order valence-corrected chi connectivity index (χ3v) is 3.18. The standard InChI is InChI=1S/C11H10BrN3O/c12-7-3-4-16-10(7)8-5-9(13)15-11(14-8)6-1-2-6/h3-6H,1-2H2,(H2,13,14,15). The monoisotopic (exact) mass is 279 g/mol. The van der Waals surface area contributed by atoms with Crippen molar-refractivity contribution in [2.75, 3.05) is 5.73 Å². The zero-order valence-corrected chi connectivity index (χ0v) is 10.1. The van der Waals surface area contributed by atoms with Crippen LogP contribution in [0, 0.1) is 0 Å². The highest BCUT2D eigenvalue weighted by atomic mass is 79.9. The van der Waals surface area contributed by atoms with E-state index in [1.165, 1.54) is 0 Å². The van der Waals surface area contributed by atoms with Gasteiger partial charge in [0.25, 0.3) is 0 Å². The van der Waals surface area contributed by atoms with E-state index in [0.717, 1.165) is 28.8 Å². The molecule has 0 saturated heterocycles. The quantitative estimate of drug-likeness (QED) is 0.918. The smallest absolute Gasteiger partial charge is 0.166 e. The van der Waals surface area contributed by atoms with Gasteiger partial charge >= 0.3 is 0 Å². The Morgan fingerprint density at radius 3 is 2.81 bits per heavy atom. The second-order valence-corrected chi connectivity index (χ2v) is 4.76. The summed E-state index contributed by atoms with van der Waals surface area (Å²) in [6.45, 7) is 0. The van der Waals surface area contributed by atoms with Gasteiger partial charge in [-0.15, -0.1) is 0 Å². The highest BCUT2D eigenvalue weighted by Crippen LogP contribution is 2.39. The normalized spacial score (nSPS) is 15.3. The summed E-state index contributed by atoms with van der Waals surface area (Å²) in [5, 5.41) is 0. The lowest BCUT2D eigenvalue weighted by molar-refractivity contribution is 0.578. The van der Waals surface area contributed by atoms with Crippen molar-refractivity contribution in [3.8, 4) is 11.5 Å². The number of furan rings is 1. The first kappa shape index (κ1) is 9.84. The van der Waals surface area contributed by atoms with Crippen LogP contribution in [0.3, 0.4) is 0 Å². The van der Waals surface area contributed by atoms with E-state index in [0.29, 0.717) is 17.5 Å². The summed E-state index contributed by atoms with van der Waals surface area (Å²) in [6.07, 6.45) is 3.93. The van der Waals surface area contributed by atoms with Gasteiger partial charge in [0, 0.05) is 12.0 Å². The number of nitrogens with zero attached hydrogens (tertiary/aromatic N) is 2. The Kier molecular flexibility index (Phi) is 2.21. The van der Waals surface area contributed by atoms with Gasteiger partial charge in [0.15, 0.2) is 5.76 Å². The molecule has 0 atom stereocenters. The van der Waals surface area contributed by atoms with E-state index in [1.54, 1.807) is 12.3 Å². The van der Waals surface area contributed by atoms with E-state index in [1.807, 2.05) is 6.07 Å². The highest BCUT2D eigenvalue weighted by Gasteiger charge is 2.27. The predicted octanol–water partition coefficient (Wildman–Crippen LogP) is 2.96. The fraction of sp³-hybridized carbons (Fsp3) is 0.273. The molecule has 4 nitrogen and oxygen atoms in total. The molecule has 2 aromatic rings.